The summed E-state index contributed by atoms with van der Waals surface area (Å²) < 4.78 is 13.9. The predicted octanol–water partition coefficient (Wildman–Crippen LogP) is 3.17. The first kappa shape index (κ1) is 14.8. The van der Waals surface area contributed by atoms with Gasteiger partial charge in [-0.05, 0) is 36.8 Å². The van der Waals surface area contributed by atoms with Crippen LogP contribution in [0.4, 0.5) is 15.8 Å². The number of rotatable bonds is 4. The van der Waals surface area contributed by atoms with Crippen molar-refractivity contribution >= 4 is 17.3 Å². The molecule has 2 aromatic carbocycles. The highest BCUT2D eigenvalue weighted by Gasteiger charge is 2.23. The quantitative estimate of drug-likeness (QED) is 0.849. The van der Waals surface area contributed by atoms with Crippen molar-refractivity contribution < 1.29 is 14.3 Å². The summed E-state index contributed by atoms with van der Waals surface area (Å²) in [6.45, 7) is 2.31. The molecule has 1 amide bonds. The SMILES string of the molecule is CCCN(C(=O)c1c(O)cccc1F)c1cccc(N)c1. The zero-order chi connectivity index (χ0) is 15.4. The van der Waals surface area contributed by atoms with Gasteiger partial charge in [0.2, 0.25) is 0 Å². The van der Waals surface area contributed by atoms with Crippen LogP contribution in [0, 0.1) is 5.82 Å². The van der Waals surface area contributed by atoms with Gasteiger partial charge in [0.25, 0.3) is 5.91 Å². The first-order chi connectivity index (χ1) is 10.0. The van der Waals surface area contributed by atoms with E-state index in [1.807, 2.05) is 6.92 Å². The molecule has 110 valence electrons. The summed E-state index contributed by atoms with van der Waals surface area (Å²) in [7, 11) is 0. The van der Waals surface area contributed by atoms with Gasteiger partial charge in [-0.3, -0.25) is 4.79 Å². The maximum atomic E-state index is 13.9. The molecule has 0 fully saturated rings. The van der Waals surface area contributed by atoms with Crippen molar-refractivity contribution in [2.45, 2.75) is 13.3 Å². The number of halogens is 1. The van der Waals surface area contributed by atoms with Crippen LogP contribution in [0.25, 0.3) is 0 Å². The second-order valence-corrected chi connectivity index (χ2v) is 4.69. The molecule has 0 spiro atoms. The summed E-state index contributed by atoms with van der Waals surface area (Å²) in [5.41, 5.74) is 6.49. The fourth-order valence-electron chi connectivity index (χ4n) is 2.12. The monoisotopic (exact) mass is 288 g/mol. The minimum atomic E-state index is -0.745. The molecule has 0 saturated heterocycles. The molecule has 0 atom stereocenters. The zero-order valence-electron chi connectivity index (χ0n) is 11.7. The predicted molar refractivity (Wildman–Crippen MR) is 80.9 cm³/mol. The van der Waals surface area contributed by atoms with Gasteiger partial charge in [0.15, 0.2) is 0 Å². The molecule has 0 unspecified atom stereocenters. The Bertz CT molecular complexity index is 638. The number of anilines is 2. The van der Waals surface area contributed by atoms with Crippen LogP contribution in [0.5, 0.6) is 5.75 Å². The van der Waals surface area contributed by atoms with Crippen molar-refractivity contribution in [1.29, 1.82) is 0 Å². The van der Waals surface area contributed by atoms with E-state index in [1.165, 1.54) is 17.0 Å². The van der Waals surface area contributed by atoms with Gasteiger partial charge >= 0.3 is 0 Å². The first-order valence-corrected chi connectivity index (χ1v) is 6.69. The van der Waals surface area contributed by atoms with E-state index < -0.39 is 11.7 Å². The fourth-order valence-corrected chi connectivity index (χ4v) is 2.12. The zero-order valence-corrected chi connectivity index (χ0v) is 11.7. The van der Waals surface area contributed by atoms with Gasteiger partial charge in [-0.1, -0.05) is 19.1 Å². The van der Waals surface area contributed by atoms with Crippen LogP contribution in [0.15, 0.2) is 42.5 Å². The second kappa shape index (κ2) is 6.26. The first-order valence-electron chi connectivity index (χ1n) is 6.69. The molecule has 0 aromatic heterocycles. The third-order valence-electron chi connectivity index (χ3n) is 3.08. The average molecular weight is 288 g/mol. The van der Waals surface area contributed by atoms with Crippen molar-refractivity contribution in [3.63, 3.8) is 0 Å². The highest BCUT2D eigenvalue weighted by molar-refractivity contribution is 6.08. The van der Waals surface area contributed by atoms with Crippen LogP contribution < -0.4 is 10.6 Å². The number of nitrogens with zero attached hydrogens (tertiary/aromatic N) is 1. The van der Waals surface area contributed by atoms with Gasteiger partial charge in [-0.25, -0.2) is 4.39 Å². The Morgan fingerprint density at radius 2 is 2.00 bits per heavy atom. The number of hydrogen-bond acceptors (Lipinski definition) is 3. The molecule has 2 rings (SSSR count). The summed E-state index contributed by atoms with van der Waals surface area (Å²) >= 11 is 0. The number of hydrogen-bond donors (Lipinski definition) is 2. The van der Waals surface area contributed by atoms with Crippen LogP contribution in [0.2, 0.25) is 0 Å². The molecule has 4 nitrogen and oxygen atoms in total. The van der Waals surface area contributed by atoms with E-state index in [2.05, 4.69) is 0 Å². The lowest BCUT2D eigenvalue weighted by Gasteiger charge is -2.23. The van der Waals surface area contributed by atoms with E-state index in [9.17, 15) is 14.3 Å². The molecule has 0 aliphatic heterocycles. The number of nitrogen functional groups attached to an aromatic ring is 1. The standard InChI is InChI=1S/C16H17FN2O2/c1-2-9-19(12-6-3-5-11(18)10-12)16(21)15-13(17)7-4-8-14(15)20/h3-8,10,20H,2,9,18H2,1H3. The van der Waals surface area contributed by atoms with Gasteiger partial charge < -0.3 is 15.7 Å². The van der Waals surface area contributed by atoms with Gasteiger partial charge in [0.05, 0.1) is 0 Å². The molecule has 0 bridgehead atoms. The Labute approximate surface area is 122 Å². The maximum absolute atomic E-state index is 13.9. The topological polar surface area (TPSA) is 66.6 Å². The molecule has 0 aliphatic carbocycles. The Morgan fingerprint density at radius 1 is 1.29 bits per heavy atom. The van der Waals surface area contributed by atoms with Crippen LogP contribution >= 0.6 is 0 Å². The number of benzene rings is 2. The Kier molecular flexibility index (Phi) is 4.42. The van der Waals surface area contributed by atoms with E-state index in [-0.39, 0.29) is 11.3 Å². The lowest BCUT2D eigenvalue weighted by molar-refractivity contribution is 0.0980. The molecule has 2 aromatic rings. The minimum Gasteiger partial charge on any atom is -0.507 e. The van der Waals surface area contributed by atoms with E-state index in [4.69, 9.17) is 5.73 Å². The molecule has 5 heteroatoms. The number of carbonyl (C=O) groups excluding carboxylic acids is 1. The van der Waals surface area contributed by atoms with E-state index in [0.717, 1.165) is 6.07 Å². The molecular formula is C16H17FN2O2. The molecule has 0 radical (unpaired) electrons. The summed E-state index contributed by atoms with van der Waals surface area (Å²) in [4.78, 5) is 14.0. The molecular weight excluding hydrogens is 271 g/mol. The third kappa shape index (κ3) is 3.13. The minimum absolute atomic E-state index is 0.326. The smallest absolute Gasteiger partial charge is 0.265 e. The van der Waals surface area contributed by atoms with Crippen molar-refractivity contribution in [3.8, 4) is 5.75 Å². The van der Waals surface area contributed by atoms with E-state index >= 15 is 0 Å². The summed E-state index contributed by atoms with van der Waals surface area (Å²) in [5, 5.41) is 9.77. The largest absolute Gasteiger partial charge is 0.507 e. The van der Waals surface area contributed by atoms with Gasteiger partial charge in [0, 0.05) is 17.9 Å². The fraction of sp³-hybridized carbons (Fsp3) is 0.188. The van der Waals surface area contributed by atoms with Crippen molar-refractivity contribution in [3.05, 3.63) is 53.8 Å². The van der Waals surface area contributed by atoms with Crippen LogP contribution in [-0.2, 0) is 0 Å². The van der Waals surface area contributed by atoms with Crippen LogP contribution in [0.3, 0.4) is 0 Å². The van der Waals surface area contributed by atoms with Gasteiger partial charge in [-0.2, -0.15) is 0 Å². The summed E-state index contributed by atoms with van der Waals surface area (Å²) in [6.07, 6.45) is 0.690. The van der Waals surface area contributed by atoms with Gasteiger partial charge in [-0.15, -0.1) is 0 Å². The third-order valence-corrected chi connectivity index (χ3v) is 3.08. The van der Waals surface area contributed by atoms with E-state index in [0.29, 0.717) is 24.3 Å². The number of nitrogens with two attached hydrogens (primary N) is 1. The number of phenols is 1. The molecule has 3 N–H and O–H groups in total. The van der Waals surface area contributed by atoms with Crippen molar-refractivity contribution in [1.82, 2.24) is 0 Å². The van der Waals surface area contributed by atoms with E-state index in [1.54, 1.807) is 24.3 Å². The Hall–Kier alpha value is -2.56. The molecule has 0 heterocycles. The molecule has 0 saturated carbocycles. The summed E-state index contributed by atoms with van der Waals surface area (Å²) in [5.74, 6) is -1.70. The molecule has 0 aliphatic rings. The number of aromatic hydroxyl groups is 1. The lowest BCUT2D eigenvalue weighted by atomic mass is 10.1. The second-order valence-electron chi connectivity index (χ2n) is 4.69. The van der Waals surface area contributed by atoms with Crippen molar-refractivity contribution in [2.24, 2.45) is 0 Å². The maximum Gasteiger partial charge on any atom is 0.265 e. The average Bonchev–Trinajstić information content (AvgIpc) is 2.44. The number of carbonyl (C=O) groups is 1. The number of phenolic OH excluding ortho intramolecular Hbond substituents is 1. The summed E-state index contributed by atoms with van der Waals surface area (Å²) in [6, 6.07) is 10.6. The normalized spacial score (nSPS) is 10.4. The van der Waals surface area contributed by atoms with Crippen molar-refractivity contribution in [2.75, 3.05) is 17.2 Å². The lowest BCUT2D eigenvalue weighted by Crippen LogP contribution is -2.32. The highest BCUT2D eigenvalue weighted by Crippen LogP contribution is 2.26. The van der Waals surface area contributed by atoms with Crippen LogP contribution in [-0.4, -0.2) is 17.6 Å². The Morgan fingerprint density at radius 3 is 2.62 bits per heavy atom. The highest BCUT2D eigenvalue weighted by atomic mass is 19.1. The van der Waals surface area contributed by atoms with Crippen LogP contribution in [0.1, 0.15) is 23.7 Å². The van der Waals surface area contributed by atoms with Gasteiger partial charge in [0.1, 0.15) is 17.1 Å². The number of amides is 1. The Balaban J connectivity index is 2.45. The molecule has 21 heavy (non-hydrogen) atoms.